The molecule has 5 heteroatoms. The summed E-state index contributed by atoms with van der Waals surface area (Å²) < 4.78 is 0. The molecular formula is C23H31N3OS. The Morgan fingerprint density at radius 1 is 1.25 bits per heavy atom. The quantitative estimate of drug-likeness (QED) is 0.759. The highest BCUT2D eigenvalue weighted by Gasteiger charge is 2.53. The van der Waals surface area contributed by atoms with Crippen molar-refractivity contribution in [2.45, 2.75) is 70.0 Å². The number of nitrogens with zero attached hydrogens (tertiary/aromatic N) is 3. The van der Waals surface area contributed by atoms with Crippen LogP contribution in [0.25, 0.3) is 0 Å². The molecule has 1 aromatic heterocycles. The van der Waals surface area contributed by atoms with E-state index in [-0.39, 0.29) is 23.5 Å². The maximum atomic E-state index is 13.6. The molecule has 0 radical (unpaired) electrons. The fraction of sp³-hybridized carbons (Fsp3) is 0.565. The number of thiazole rings is 1. The highest BCUT2D eigenvalue weighted by atomic mass is 32.1. The minimum absolute atomic E-state index is 0.0224. The fourth-order valence-corrected chi connectivity index (χ4v) is 5.77. The average molecular weight is 398 g/mol. The molecule has 0 N–H and O–H groups in total. The van der Waals surface area contributed by atoms with Crippen molar-refractivity contribution in [3.05, 3.63) is 52.0 Å². The number of carbonyl (C=O) groups excluding carboxylic acids is 1. The van der Waals surface area contributed by atoms with Gasteiger partial charge in [-0.2, -0.15) is 0 Å². The van der Waals surface area contributed by atoms with Gasteiger partial charge in [0.15, 0.2) is 0 Å². The lowest BCUT2D eigenvalue weighted by Gasteiger charge is -2.43. The van der Waals surface area contributed by atoms with Crippen molar-refractivity contribution in [2.24, 2.45) is 0 Å². The van der Waals surface area contributed by atoms with Crippen LogP contribution in [0.3, 0.4) is 0 Å². The van der Waals surface area contributed by atoms with Crippen molar-refractivity contribution in [2.75, 3.05) is 13.6 Å². The lowest BCUT2D eigenvalue weighted by atomic mass is 9.84. The van der Waals surface area contributed by atoms with Gasteiger partial charge in [0.05, 0.1) is 29.2 Å². The van der Waals surface area contributed by atoms with Gasteiger partial charge in [-0.1, -0.05) is 43.2 Å². The molecule has 28 heavy (non-hydrogen) atoms. The third-order valence-electron chi connectivity index (χ3n) is 6.81. The van der Waals surface area contributed by atoms with E-state index in [1.54, 1.807) is 11.3 Å². The monoisotopic (exact) mass is 397 g/mol. The summed E-state index contributed by atoms with van der Waals surface area (Å²) in [4.78, 5) is 22.9. The number of fused-ring (bicyclic) bond motifs is 1. The van der Waals surface area contributed by atoms with Crippen LogP contribution in [-0.4, -0.2) is 45.9 Å². The molecule has 3 heterocycles. The molecule has 1 amide bonds. The van der Waals surface area contributed by atoms with Crippen LogP contribution in [0.4, 0.5) is 0 Å². The molecule has 4 rings (SSSR count). The van der Waals surface area contributed by atoms with Gasteiger partial charge in [-0.15, -0.1) is 11.3 Å². The number of hydrogen-bond donors (Lipinski definition) is 0. The van der Waals surface area contributed by atoms with E-state index in [1.165, 1.54) is 24.8 Å². The number of carbonyl (C=O) groups is 1. The van der Waals surface area contributed by atoms with E-state index >= 15 is 0 Å². The number of likely N-dealkylation sites (N-methyl/N-ethyl adjacent to an activating group) is 1. The molecule has 0 aliphatic carbocycles. The lowest BCUT2D eigenvalue weighted by molar-refractivity contribution is -0.135. The maximum Gasteiger partial charge on any atom is 0.229 e. The molecule has 4 nitrogen and oxygen atoms in total. The maximum absolute atomic E-state index is 13.6. The molecule has 2 aromatic rings. The van der Waals surface area contributed by atoms with Crippen molar-refractivity contribution in [3.63, 3.8) is 0 Å². The Morgan fingerprint density at radius 3 is 2.75 bits per heavy atom. The van der Waals surface area contributed by atoms with Crippen LogP contribution in [0.5, 0.6) is 0 Å². The Hall–Kier alpha value is -1.72. The summed E-state index contributed by atoms with van der Waals surface area (Å²) in [6.45, 7) is 5.49. The minimum Gasteiger partial charge on any atom is -0.330 e. The second-order valence-electron chi connectivity index (χ2n) is 8.61. The molecule has 0 spiro atoms. The van der Waals surface area contributed by atoms with E-state index < -0.39 is 0 Å². The van der Waals surface area contributed by atoms with Crippen LogP contribution >= 0.6 is 11.3 Å². The highest BCUT2D eigenvalue weighted by molar-refractivity contribution is 7.09. The summed E-state index contributed by atoms with van der Waals surface area (Å²) in [6, 6.07) is 11.0. The molecule has 150 valence electrons. The summed E-state index contributed by atoms with van der Waals surface area (Å²) in [5.41, 5.74) is 2.19. The first-order chi connectivity index (χ1) is 13.5. The molecule has 2 fully saturated rings. The van der Waals surface area contributed by atoms with Gasteiger partial charge >= 0.3 is 0 Å². The van der Waals surface area contributed by atoms with Gasteiger partial charge in [0.25, 0.3) is 0 Å². The number of amides is 1. The zero-order valence-corrected chi connectivity index (χ0v) is 18.0. The van der Waals surface area contributed by atoms with Crippen LogP contribution in [0.1, 0.15) is 61.3 Å². The molecule has 2 saturated heterocycles. The van der Waals surface area contributed by atoms with Crippen LogP contribution < -0.4 is 0 Å². The normalized spacial score (nSPS) is 28.6. The predicted octanol–water partition coefficient (Wildman–Crippen LogP) is 4.60. The summed E-state index contributed by atoms with van der Waals surface area (Å²) >= 11 is 1.62. The average Bonchev–Trinajstić information content (AvgIpc) is 3.22. The van der Waals surface area contributed by atoms with Gasteiger partial charge in [0.1, 0.15) is 0 Å². The van der Waals surface area contributed by atoms with Crippen molar-refractivity contribution in [1.82, 2.24) is 14.8 Å². The minimum atomic E-state index is 0.0224. The Labute approximate surface area is 172 Å². The molecule has 2 aliphatic heterocycles. The number of likely N-dealkylation sites (tertiary alicyclic amines) is 2. The van der Waals surface area contributed by atoms with Crippen LogP contribution in [0.2, 0.25) is 0 Å². The molecule has 0 bridgehead atoms. The predicted molar refractivity (Wildman–Crippen MR) is 114 cm³/mol. The van der Waals surface area contributed by atoms with Crippen molar-refractivity contribution in [3.8, 4) is 0 Å². The van der Waals surface area contributed by atoms with E-state index in [2.05, 4.69) is 59.1 Å². The van der Waals surface area contributed by atoms with Gasteiger partial charge in [0.2, 0.25) is 5.91 Å². The van der Waals surface area contributed by atoms with Crippen molar-refractivity contribution < 1.29 is 4.79 Å². The number of hydrogen-bond acceptors (Lipinski definition) is 4. The summed E-state index contributed by atoms with van der Waals surface area (Å²) in [7, 11) is 2.25. The number of aromatic nitrogens is 1. The molecule has 3 atom stereocenters. The first kappa shape index (κ1) is 19.6. The Kier molecular flexibility index (Phi) is 5.57. The van der Waals surface area contributed by atoms with Crippen LogP contribution in [0, 0.1) is 6.92 Å². The van der Waals surface area contributed by atoms with E-state index in [4.69, 9.17) is 0 Å². The van der Waals surface area contributed by atoms with E-state index in [1.807, 2.05) is 12.3 Å². The van der Waals surface area contributed by atoms with Crippen molar-refractivity contribution in [1.29, 1.82) is 0 Å². The van der Waals surface area contributed by atoms with E-state index in [0.717, 1.165) is 30.1 Å². The van der Waals surface area contributed by atoms with Gasteiger partial charge < -0.3 is 4.90 Å². The largest absolute Gasteiger partial charge is 0.330 e. The SMILES string of the molecule is Cc1nc(CC(=O)N2[C@H]3CCCCCN(C)[C@@]3(C)C[C@H]2c2ccccc2)cs1. The first-order valence-electron chi connectivity index (χ1n) is 10.5. The lowest BCUT2D eigenvalue weighted by Crippen LogP contribution is -2.55. The Balaban J connectivity index is 1.70. The van der Waals surface area contributed by atoms with Gasteiger partial charge in [-0.3, -0.25) is 9.69 Å². The number of benzene rings is 1. The second kappa shape index (κ2) is 7.96. The third kappa shape index (κ3) is 3.62. The van der Waals surface area contributed by atoms with E-state index in [0.29, 0.717) is 6.42 Å². The highest BCUT2D eigenvalue weighted by Crippen LogP contribution is 2.47. The van der Waals surface area contributed by atoms with Crippen LogP contribution in [-0.2, 0) is 11.2 Å². The smallest absolute Gasteiger partial charge is 0.229 e. The summed E-state index contributed by atoms with van der Waals surface area (Å²) in [6.07, 6.45) is 6.20. The zero-order valence-electron chi connectivity index (χ0n) is 17.2. The topological polar surface area (TPSA) is 36.4 Å². The molecular weight excluding hydrogens is 366 g/mol. The summed E-state index contributed by atoms with van der Waals surface area (Å²) in [5.74, 6) is 0.224. The molecule has 0 saturated carbocycles. The second-order valence-corrected chi connectivity index (χ2v) is 9.67. The number of aryl methyl sites for hydroxylation is 1. The molecule has 1 aromatic carbocycles. The fourth-order valence-electron chi connectivity index (χ4n) is 5.16. The van der Waals surface area contributed by atoms with E-state index in [9.17, 15) is 4.79 Å². The van der Waals surface area contributed by atoms with Crippen LogP contribution in [0.15, 0.2) is 35.7 Å². The standard InChI is InChI=1S/C23H31N3OS/c1-17-24-19(16-28-17)14-22(27)26-20(18-10-6-4-7-11-18)15-23(2)21(26)12-8-5-9-13-25(23)3/h4,6-7,10-11,16,20-21H,5,8-9,12-15H2,1-3H3/t20-,21-,23-/m0/s1. The zero-order chi connectivity index (χ0) is 19.7. The number of rotatable bonds is 3. The first-order valence-corrected chi connectivity index (χ1v) is 11.4. The Morgan fingerprint density at radius 2 is 2.04 bits per heavy atom. The van der Waals surface area contributed by atoms with Gasteiger partial charge in [-0.25, -0.2) is 4.98 Å². The van der Waals surface area contributed by atoms with Gasteiger partial charge in [0, 0.05) is 10.9 Å². The van der Waals surface area contributed by atoms with Gasteiger partial charge in [-0.05, 0) is 52.3 Å². The Bertz CT molecular complexity index is 820. The third-order valence-corrected chi connectivity index (χ3v) is 7.63. The summed E-state index contributed by atoms with van der Waals surface area (Å²) in [5, 5.41) is 3.06. The molecule has 2 aliphatic rings. The van der Waals surface area contributed by atoms with Crippen molar-refractivity contribution >= 4 is 17.2 Å². The molecule has 0 unspecified atom stereocenters.